The Kier molecular flexibility index (Phi) is 3.34. The van der Waals surface area contributed by atoms with Crippen molar-refractivity contribution in [1.82, 2.24) is 10.6 Å². The molecule has 0 aromatic carbocycles. The molecule has 0 aliphatic carbocycles. The van der Waals surface area contributed by atoms with Crippen LogP contribution in [0.1, 0.15) is 12.8 Å². The van der Waals surface area contributed by atoms with E-state index in [4.69, 9.17) is 5.26 Å². The van der Waals surface area contributed by atoms with Crippen molar-refractivity contribution in [2.75, 3.05) is 20.1 Å². The molecule has 2 N–H and O–H groups in total. The van der Waals surface area contributed by atoms with E-state index in [0.29, 0.717) is 18.4 Å². The van der Waals surface area contributed by atoms with Gasteiger partial charge in [0.05, 0.1) is 6.07 Å². The van der Waals surface area contributed by atoms with Gasteiger partial charge in [0.15, 0.2) is 0 Å². The molecule has 11 heavy (non-hydrogen) atoms. The lowest BCUT2D eigenvalue weighted by molar-refractivity contribution is 0.318. The molecule has 1 rings (SSSR count). The van der Waals surface area contributed by atoms with Crippen molar-refractivity contribution < 1.29 is 0 Å². The molecule has 0 amide bonds. The Hall–Kier alpha value is -0.590. The zero-order valence-corrected chi connectivity index (χ0v) is 6.93. The van der Waals surface area contributed by atoms with Crippen LogP contribution in [0.2, 0.25) is 0 Å². The molecule has 0 radical (unpaired) electrons. The third-order valence-corrected chi connectivity index (χ3v) is 2.23. The van der Waals surface area contributed by atoms with Gasteiger partial charge in [-0.15, -0.1) is 0 Å². The van der Waals surface area contributed by atoms with E-state index in [1.165, 1.54) is 0 Å². The molecule has 3 nitrogen and oxygen atoms in total. The standard InChI is InChI=1S/C8H15N3/c1-10-8-4-7(2-3-9)5-11-6-8/h7-8,10-11H,2,4-6H2,1H3/t7-,8-/m1/s1. The van der Waals surface area contributed by atoms with E-state index < -0.39 is 0 Å². The van der Waals surface area contributed by atoms with Crippen LogP contribution < -0.4 is 10.6 Å². The van der Waals surface area contributed by atoms with Gasteiger partial charge in [0.2, 0.25) is 0 Å². The van der Waals surface area contributed by atoms with E-state index in [2.05, 4.69) is 16.7 Å². The normalized spacial score (nSPS) is 31.3. The molecule has 0 saturated carbocycles. The number of likely N-dealkylation sites (N-methyl/N-ethyl adjacent to an activating group) is 1. The van der Waals surface area contributed by atoms with Gasteiger partial charge >= 0.3 is 0 Å². The van der Waals surface area contributed by atoms with Crippen LogP contribution in [0.15, 0.2) is 0 Å². The molecule has 0 unspecified atom stereocenters. The summed E-state index contributed by atoms with van der Waals surface area (Å²) >= 11 is 0. The minimum Gasteiger partial charge on any atom is -0.316 e. The van der Waals surface area contributed by atoms with Crippen molar-refractivity contribution in [1.29, 1.82) is 5.26 Å². The molecule has 1 aliphatic heterocycles. The highest BCUT2D eigenvalue weighted by Crippen LogP contribution is 2.13. The first-order chi connectivity index (χ1) is 5.36. The Labute approximate surface area is 67.8 Å². The first-order valence-electron chi connectivity index (χ1n) is 4.11. The van der Waals surface area contributed by atoms with E-state index in [1.54, 1.807) is 0 Å². The third-order valence-electron chi connectivity index (χ3n) is 2.23. The Balaban J connectivity index is 2.28. The lowest BCUT2D eigenvalue weighted by Gasteiger charge is -2.28. The van der Waals surface area contributed by atoms with Gasteiger partial charge in [-0.3, -0.25) is 0 Å². The van der Waals surface area contributed by atoms with Crippen LogP contribution in [0.4, 0.5) is 0 Å². The van der Waals surface area contributed by atoms with E-state index in [9.17, 15) is 0 Å². The summed E-state index contributed by atoms with van der Waals surface area (Å²) in [4.78, 5) is 0. The van der Waals surface area contributed by atoms with E-state index in [-0.39, 0.29) is 0 Å². The molecule has 62 valence electrons. The Morgan fingerprint density at radius 1 is 1.64 bits per heavy atom. The average Bonchev–Trinajstić information content (AvgIpc) is 2.06. The first-order valence-corrected chi connectivity index (χ1v) is 4.11. The van der Waals surface area contributed by atoms with Gasteiger partial charge < -0.3 is 10.6 Å². The molecule has 0 bridgehead atoms. The molecule has 0 aromatic heterocycles. The predicted octanol–water partition coefficient (Wildman–Crippen LogP) is 0.0976. The van der Waals surface area contributed by atoms with Crippen LogP contribution in [-0.2, 0) is 0 Å². The van der Waals surface area contributed by atoms with Crippen molar-refractivity contribution >= 4 is 0 Å². The number of piperidine rings is 1. The van der Waals surface area contributed by atoms with Gasteiger partial charge in [-0.2, -0.15) is 5.26 Å². The van der Waals surface area contributed by atoms with Gasteiger partial charge in [0.1, 0.15) is 0 Å². The molecule has 1 heterocycles. The first kappa shape index (κ1) is 8.51. The summed E-state index contributed by atoms with van der Waals surface area (Å²) in [6.07, 6.45) is 1.82. The number of rotatable bonds is 2. The predicted molar refractivity (Wildman–Crippen MR) is 44.1 cm³/mol. The quantitative estimate of drug-likeness (QED) is 0.591. The number of hydrogen-bond donors (Lipinski definition) is 2. The zero-order chi connectivity index (χ0) is 8.10. The van der Waals surface area contributed by atoms with Crippen LogP contribution in [0.3, 0.4) is 0 Å². The minimum absolute atomic E-state index is 0.547. The van der Waals surface area contributed by atoms with Crippen LogP contribution in [0, 0.1) is 17.2 Å². The van der Waals surface area contributed by atoms with Crippen LogP contribution in [0.25, 0.3) is 0 Å². The van der Waals surface area contributed by atoms with Crippen LogP contribution in [0.5, 0.6) is 0 Å². The molecular weight excluding hydrogens is 138 g/mol. The highest BCUT2D eigenvalue weighted by molar-refractivity contribution is 4.85. The maximum atomic E-state index is 8.48. The highest BCUT2D eigenvalue weighted by Gasteiger charge is 2.19. The number of hydrogen-bond acceptors (Lipinski definition) is 3. The number of nitrogens with one attached hydrogen (secondary N) is 2. The maximum absolute atomic E-state index is 8.48. The van der Waals surface area contributed by atoms with Gasteiger partial charge in [0, 0.05) is 19.0 Å². The minimum atomic E-state index is 0.547. The Bertz CT molecular complexity index is 150. The molecule has 1 fully saturated rings. The largest absolute Gasteiger partial charge is 0.316 e. The smallest absolute Gasteiger partial charge is 0.0625 e. The summed E-state index contributed by atoms with van der Waals surface area (Å²) in [5.41, 5.74) is 0. The Morgan fingerprint density at radius 2 is 2.45 bits per heavy atom. The number of nitriles is 1. The van der Waals surface area contributed by atoms with Gasteiger partial charge in [-0.25, -0.2) is 0 Å². The lowest BCUT2D eigenvalue weighted by atomic mass is 9.93. The fourth-order valence-corrected chi connectivity index (χ4v) is 1.54. The molecular formula is C8H15N3. The maximum Gasteiger partial charge on any atom is 0.0625 e. The Morgan fingerprint density at radius 3 is 3.09 bits per heavy atom. The summed E-state index contributed by atoms with van der Waals surface area (Å²) in [6.45, 7) is 2.05. The van der Waals surface area contributed by atoms with E-state index in [0.717, 1.165) is 19.5 Å². The monoisotopic (exact) mass is 153 g/mol. The van der Waals surface area contributed by atoms with Crippen LogP contribution in [-0.4, -0.2) is 26.2 Å². The van der Waals surface area contributed by atoms with Crippen molar-refractivity contribution in [3.05, 3.63) is 0 Å². The van der Waals surface area contributed by atoms with Crippen LogP contribution >= 0.6 is 0 Å². The molecule has 1 aliphatic rings. The molecule has 0 aromatic rings. The second-order valence-electron chi connectivity index (χ2n) is 3.11. The van der Waals surface area contributed by atoms with Gasteiger partial charge in [0.25, 0.3) is 0 Å². The fourth-order valence-electron chi connectivity index (χ4n) is 1.54. The van der Waals surface area contributed by atoms with Crippen molar-refractivity contribution in [3.8, 4) is 6.07 Å². The van der Waals surface area contributed by atoms with Gasteiger partial charge in [-0.1, -0.05) is 0 Å². The SMILES string of the molecule is CN[C@H]1CNC[C@H](CC#N)C1. The van der Waals surface area contributed by atoms with Crippen molar-refractivity contribution in [2.45, 2.75) is 18.9 Å². The summed E-state index contributed by atoms with van der Waals surface area (Å²) in [7, 11) is 1.97. The van der Waals surface area contributed by atoms with E-state index >= 15 is 0 Å². The second-order valence-corrected chi connectivity index (χ2v) is 3.11. The van der Waals surface area contributed by atoms with E-state index in [1.807, 2.05) is 7.05 Å². The zero-order valence-electron chi connectivity index (χ0n) is 6.93. The summed E-state index contributed by atoms with van der Waals surface area (Å²) in [5, 5.41) is 15.0. The second kappa shape index (κ2) is 4.32. The number of nitrogens with zero attached hydrogens (tertiary/aromatic N) is 1. The fraction of sp³-hybridized carbons (Fsp3) is 0.875. The molecule has 1 saturated heterocycles. The summed E-state index contributed by atoms with van der Waals surface area (Å²) in [6, 6.07) is 2.77. The molecule has 0 spiro atoms. The highest BCUT2D eigenvalue weighted by atomic mass is 15.0. The van der Waals surface area contributed by atoms with Crippen molar-refractivity contribution in [3.63, 3.8) is 0 Å². The topological polar surface area (TPSA) is 47.8 Å². The average molecular weight is 153 g/mol. The van der Waals surface area contributed by atoms with Gasteiger partial charge in [-0.05, 0) is 25.9 Å². The summed E-state index contributed by atoms with van der Waals surface area (Å²) in [5.74, 6) is 0.547. The molecule has 3 heteroatoms. The van der Waals surface area contributed by atoms with Crippen molar-refractivity contribution in [2.24, 2.45) is 5.92 Å². The molecule has 2 atom stereocenters. The third kappa shape index (κ3) is 2.49. The lowest BCUT2D eigenvalue weighted by Crippen LogP contribution is -2.45. The summed E-state index contributed by atoms with van der Waals surface area (Å²) < 4.78 is 0.